The molecule has 2 saturated heterocycles. The zero-order chi connectivity index (χ0) is 41.2. The largest absolute Gasteiger partial charge is 0.463 e. The molecule has 0 spiro atoms. The maximum Gasteiger partial charge on any atom is 0.303 e. The number of rotatable bonds is 20. The van der Waals surface area contributed by atoms with E-state index < -0.39 is 116 Å². The Labute approximate surface area is 318 Å². The van der Waals surface area contributed by atoms with E-state index in [2.05, 4.69) is 17.2 Å². The lowest BCUT2D eigenvalue weighted by Crippen LogP contribution is -2.69. The summed E-state index contributed by atoms with van der Waals surface area (Å²) < 4.78 is 57.2. The smallest absolute Gasteiger partial charge is 0.303 e. The van der Waals surface area contributed by atoms with E-state index in [9.17, 15) is 38.4 Å². The molecule has 2 N–H and O–H groups in total. The van der Waals surface area contributed by atoms with Crippen molar-refractivity contribution in [2.75, 3.05) is 26.4 Å². The fourth-order valence-corrected chi connectivity index (χ4v) is 5.78. The van der Waals surface area contributed by atoms with Crippen LogP contribution in [0.1, 0.15) is 74.1 Å². The summed E-state index contributed by atoms with van der Waals surface area (Å²) in [6.45, 7) is 10.6. The third-order valence-electron chi connectivity index (χ3n) is 7.85. The van der Waals surface area contributed by atoms with Gasteiger partial charge in [-0.25, -0.2) is 0 Å². The van der Waals surface area contributed by atoms with Gasteiger partial charge in [0.15, 0.2) is 37.0 Å². The van der Waals surface area contributed by atoms with Gasteiger partial charge in [0.2, 0.25) is 11.8 Å². The predicted octanol–water partition coefficient (Wildman–Crippen LogP) is 0.0583. The van der Waals surface area contributed by atoms with E-state index in [1.807, 2.05) is 0 Å². The maximum absolute atomic E-state index is 12.6. The molecule has 2 aliphatic rings. The fourth-order valence-electron chi connectivity index (χ4n) is 5.78. The number of nitrogens with one attached hydrogen (secondary N) is 2. The highest BCUT2D eigenvalue weighted by Crippen LogP contribution is 2.35. The van der Waals surface area contributed by atoms with E-state index in [1.165, 1.54) is 13.0 Å². The van der Waals surface area contributed by atoms with Crippen LogP contribution < -0.4 is 10.6 Å². The van der Waals surface area contributed by atoms with Crippen LogP contribution in [0.25, 0.3) is 0 Å². The van der Waals surface area contributed by atoms with E-state index in [1.54, 1.807) is 0 Å². The summed E-state index contributed by atoms with van der Waals surface area (Å²) in [6.07, 6.45) is -9.66. The van der Waals surface area contributed by atoms with Crippen molar-refractivity contribution in [3.8, 4) is 0 Å². The molecule has 0 bridgehead atoms. The van der Waals surface area contributed by atoms with Gasteiger partial charge in [-0.05, 0) is 18.9 Å². The number of ether oxygens (including phenoxy) is 10. The molecular weight excluding hydrogens is 736 g/mol. The molecule has 0 aromatic carbocycles. The molecule has 20 heteroatoms. The lowest BCUT2D eigenvalue weighted by molar-refractivity contribution is -0.350. The van der Waals surface area contributed by atoms with Crippen LogP contribution in [0.3, 0.4) is 0 Å². The summed E-state index contributed by atoms with van der Waals surface area (Å²) >= 11 is 0. The van der Waals surface area contributed by atoms with Crippen LogP contribution in [-0.2, 0) is 85.7 Å². The summed E-state index contributed by atoms with van der Waals surface area (Å²) in [7, 11) is 0. The summed E-state index contributed by atoms with van der Waals surface area (Å²) in [5, 5.41) is 5.35. The Morgan fingerprint density at radius 2 is 1.07 bits per heavy atom. The van der Waals surface area contributed by atoms with Crippen molar-refractivity contribution in [3.63, 3.8) is 0 Å². The third kappa shape index (κ3) is 16.3. The van der Waals surface area contributed by atoms with Gasteiger partial charge in [-0.1, -0.05) is 19.4 Å². The van der Waals surface area contributed by atoms with E-state index in [4.69, 9.17) is 47.4 Å². The van der Waals surface area contributed by atoms with E-state index in [0.717, 1.165) is 48.0 Å². The Morgan fingerprint density at radius 1 is 0.582 bits per heavy atom. The highest BCUT2D eigenvalue weighted by molar-refractivity contribution is 5.86. The number of hydrogen-bond donors (Lipinski definition) is 2. The molecule has 55 heavy (non-hydrogen) atoms. The molecule has 0 aliphatic carbocycles. The van der Waals surface area contributed by atoms with Crippen molar-refractivity contribution < 1.29 is 85.7 Å². The normalized spacial score (nSPS) is 27.3. The predicted molar refractivity (Wildman–Crippen MR) is 183 cm³/mol. The lowest BCUT2D eigenvalue weighted by Gasteiger charge is -2.49. The first-order valence-corrected chi connectivity index (χ1v) is 17.6. The van der Waals surface area contributed by atoms with Crippen LogP contribution in [0.2, 0.25) is 0 Å². The van der Waals surface area contributed by atoms with Gasteiger partial charge in [-0.2, -0.15) is 0 Å². The van der Waals surface area contributed by atoms with Crippen molar-refractivity contribution in [1.29, 1.82) is 0 Å². The molecule has 20 nitrogen and oxygen atoms in total. The van der Waals surface area contributed by atoms with Gasteiger partial charge in [-0.15, -0.1) is 0 Å². The van der Waals surface area contributed by atoms with Crippen LogP contribution in [0.5, 0.6) is 0 Å². The molecule has 10 atom stereocenters. The summed E-state index contributed by atoms with van der Waals surface area (Å²) in [5.74, 6) is -5.78. The molecule has 2 heterocycles. The second-order valence-corrected chi connectivity index (χ2v) is 12.6. The van der Waals surface area contributed by atoms with Crippen LogP contribution >= 0.6 is 0 Å². The van der Waals surface area contributed by atoms with Gasteiger partial charge in [0.1, 0.15) is 37.6 Å². The first-order valence-electron chi connectivity index (χ1n) is 17.6. The Hall–Kier alpha value is -4.66. The van der Waals surface area contributed by atoms with Gasteiger partial charge in [0, 0.05) is 61.6 Å². The first-order chi connectivity index (χ1) is 25.9. The minimum atomic E-state index is -1.76. The van der Waals surface area contributed by atoms with E-state index in [0.29, 0.717) is 25.8 Å². The van der Waals surface area contributed by atoms with Gasteiger partial charge < -0.3 is 58.0 Å². The molecule has 2 fully saturated rings. The van der Waals surface area contributed by atoms with Crippen molar-refractivity contribution >= 4 is 47.6 Å². The number of carbonyl (C=O) groups excluding carboxylic acids is 8. The van der Waals surface area contributed by atoms with Gasteiger partial charge in [0.25, 0.3) is 0 Å². The van der Waals surface area contributed by atoms with Crippen molar-refractivity contribution in [1.82, 2.24) is 10.6 Å². The molecule has 0 unspecified atom stereocenters. The summed E-state index contributed by atoms with van der Waals surface area (Å²) in [6, 6.07) is -1.25. The average Bonchev–Trinajstić information content (AvgIpc) is 3.07. The summed E-state index contributed by atoms with van der Waals surface area (Å²) in [5.41, 5.74) is 0. The average molecular weight is 789 g/mol. The molecule has 0 saturated carbocycles. The molecular formula is C35H52N2O18. The topological polar surface area (TPSA) is 253 Å². The lowest BCUT2D eigenvalue weighted by atomic mass is 9.94. The fraction of sp³-hybridized carbons (Fsp3) is 0.714. The number of carbonyl (C=O) groups is 8. The highest BCUT2D eigenvalue weighted by Gasteiger charge is 2.57. The Bertz CT molecular complexity index is 1370. The van der Waals surface area contributed by atoms with Crippen LogP contribution in [-0.4, -0.2) is 135 Å². The quantitative estimate of drug-likeness (QED) is 0.0716. The molecule has 0 aromatic rings. The zero-order valence-electron chi connectivity index (χ0n) is 32.1. The van der Waals surface area contributed by atoms with Crippen molar-refractivity contribution in [2.45, 2.75) is 135 Å². The zero-order valence-corrected chi connectivity index (χ0v) is 32.1. The molecule has 0 aromatic heterocycles. The SMILES string of the molecule is C=CC(=O)NCCCCCCO[C@@H]1O[C@H](COC(C)=O)[C@@H](O[C@@H]2O[C@H](COC(C)=O)[C@H](OC(C)=O)[C@H](OC(C)=O)[C@H]2OC(C)=O)[C@H](OC(C)=O)[C@H]1NC(C)=O. The molecule has 2 aliphatic heterocycles. The van der Waals surface area contributed by atoms with Crippen LogP contribution in [0, 0.1) is 0 Å². The standard InChI is InChI=1S/C35H52N2O18/c1-9-27(45)36-14-12-10-11-13-15-46-34-28(37-18(2)38)31(50-22(6)42)29(25(53-34)16-47-19(3)39)55-35-33(52-24(8)44)32(51-23(7)43)30(49-21(5)41)26(54-35)17-48-20(4)40/h9,25-26,28-35H,1,10-17H2,2-8H3,(H,36,45)(H,37,38)/t25-,26-,28-,29-,30+,31-,32+,33-,34-,35+/m1/s1. The number of esters is 6. The van der Waals surface area contributed by atoms with E-state index >= 15 is 0 Å². The van der Waals surface area contributed by atoms with Crippen molar-refractivity contribution in [2.24, 2.45) is 0 Å². The summed E-state index contributed by atoms with van der Waals surface area (Å²) in [4.78, 5) is 97.2. The molecule has 2 amide bonds. The van der Waals surface area contributed by atoms with Crippen molar-refractivity contribution in [3.05, 3.63) is 12.7 Å². The monoisotopic (exact) mass is 788 g/mol. The minimum Gasteiger partial charge on any atom is -0.463 e. The Kier molecular flexibility index (Phi) is 19.7. The maximum atomic E-state index is 12.6. The van der Waals surface area contributed by atoms with Crippen LogP contribution in [0.4, 0.5) is 0 Å². The molecule has 2 rings (SSSR count). The second-order valence-electron chi connectivity index (χ2n) is 12.6. The minimum absolute atomic E-state index is 0.109. The number of amides is 2. The van der Waals surface area contributed by atoms with Crippen LogP contribution in [0.15, 0.2) is 12.7 Å². The second kappa shape index (κ2) is 23.3. The molecule has 310 valence electrons. The Morgan fingerprint density at radius 3 is 1.60 bits per heavy atom. The van der Waals surface area contributed by atoms with Gasteiger partial charge in [0.05, 0.1) is 0 Å². The van der Waals surface area contributed by atoms with E-state index in [-0.39, 0.29) is 12.5 Å². The number of hydrogen-bond acceptors (Lipinski definition) is 18. The van der Waals surface area contributed by atoms with Gasteiger partial charge >= 0.3 is 35.8 Å². The number of unbranched alkanes of at least 4 members (excludes halogenated alkanes) is 3. The van der Waals surface area contributed by atoms with Gasteiger partial charge in [-0.3, -0.25) is 38.4 Å². The Balaban J connectivity index is 2.54. The highest BCUT2D eigenvalue weighted by atomic mass is 16.8. The molecule has 0 radical (unpaired) electrons. The third-order valence-corrected chi connectivity index (χ3v) is 7.85. The first kappa shape index (κ1) is 46.5.